The van der Waals surface area contributed by atoms with Crippen molar-refractivity contribution in [1.82, 2.24) is 10.2 Å². The number of amides is 1. The number of likely N-dealkylation sites (N-methyl/N-ethyl adjacent to an activating group) is 1. The zero-order chi connectivity index (χ0) is 21.1. The summed E-state index contributed by atoms with van der Waals surface area (Å²) in [6, 6.07) is 14.5. The minimum Gasteiger partial charge on any atom is -0.492 e. The second-order valence-corrected chi connectivity index (χ2v) is 8.87. The summed E-state index contributed by atoms with van der Waals surface area (Å²) >= 11 is 0. The molecule has 1 saturated carbocycles. The van der Waals surface area contributed by atoms with E-state index in [0.717, 1.165) is 37.1 Å². The molecule has 0 aliphatic heterocycles. The van der Waals surface area contributed by atoms with Gasteiger partial charge in [-0.1, -0.05) is 30.3 Å². The Labute approximate surface area is 179 Å². The largest absolute Gasteiger partial charge is 0.492 e. The summed E-state index contributed by atoms with van der Waals surface area (Å²) in [6.07, 6.45) is 7.89. The SMILES string of the molecule is Cc1ccc(OCCN(C)C)cc1C(=O)NC1(c2cccc(C3=CCCC3)c2)CC1. The summed E-state index contributed by atoms with van der Waals surface area (Å²) in [4.78, 5) is 15.3. The molecule has 0 unspecified atom stereocenters. The van der Waals surface area contributed by atoms with Crippen LogP contribution < -0.4 is 10.1 Å². The molecule has 0 atom stereocenters. The van der Waals surface area contributed by atoms with E-state index >= 15 is 0 Å². The summed E-state index contributed by atoms with van der Waals surface area (Å²) in [6.45, 7) is 3.42. The molecule has 4 heteroatoms. The van der Waals surface area contributed by atoms with Gasteiger partial charge in [-0.2, -0.15) is 0 Å². The van der Waals surface area contributed by atoms with Gasteiger partial charge in [0.25, 0.3) is 5.91 Å². The van der Waals surface area contributed by atoms with E-state index in [9.17, 15) is 4.79 Å². The molecule has 2 aromatic rings. The first-order valence-electron chi connectivity index (χ1n) is 11.0. The molecule has 2 aromatic carbocycles. The first kappa shape index (κ1) is 20.7. The molecule has 1 N–H and O–H groups in total. The number of carbonyl (C=O) groups excluding carboxylic acids is 1. The molecule has 0 spiro atoms. The van der Waals surface area contributed by atoms with Gasteiger partial charge in [0.2, 0.25) is 0 Å². The van der Waals surface area contributed by atoms with E-state index in [0.29, 0.717) is 12.2 Å². The van der Waals surface area contributed by atoms with Gasteiger partial charge in [0.1, 0.15) is 12.4 Å². The van der Waals surface area contributed by atoms with Crippen LogP contribution in [0, 0.1) is 6.92 Å². The Hall–Kier alpha value is -2.59. The number of nitrogens with zero attached hydrogens (tertiary/aromatic N) is 1. The maximum Gasteiger partial charge on any atom is 0.252 e. The average Bonchev–Trinajstić information content (AvgIpc) is 3.30. The Balaban J connectivity index is 1.49. The van der Waals surface area contributed by atoms with Crippen LogP contribution >= 0.6 is 0 Å². The monoisotopic (exact) mass is 404 g/mol. The fourth-order valence-electron chi connectivity index (χ4n) is 4.13. The number of carbonyl (C=O) groups is 1. The first-order chi connectivity index (χ1) is 14.5. The van der Waals surface area contributed by atoms with Gasteiger partial charge in [0.15, 0.2) is 0 Å². The minimum absolute atomic E-state index is 0.0199. The molecule has 2 aliphatic carbocycles. The van der Waals surface area contributed by atoms with E-state index in [1.165, 1.54) is 29.5 Å². The fraction of sp³-hybridized carbons (Fsp3) is 0.423. The van der Waals surface area contributed by atoms with E-state index in [2.05, 4.69) is 40.6 Å². The van der Waals surface area contributed by atoms with Crippen molar-refractivity contribution in [3.8, 4) is 5.75 Å². The van der Waals surface area contributed by atoms with Gasteiger partial charge in [-0.15, -0.1) is 0 Å². The molecule has 4 rings (SSSR count). The lowest BCUT2D eigenvalue weighted by atomic mass is 9.97. The van der Waals surface area contributed by atoms with Crippen molar-refractivity contribution in [2.24, 2.45) is 0 Å². The maximum absolute atomic E-state index is 13.2. The van der Waals surface area contributed by atoms with Crippen molar-refractivity contribution in [2.45, 2.75) is 44.6 Å². The molecule has 158 valence electrons. The number of aryl methyl sites for hydroxylation is 1. The molecule has 0 bridgehead atoms. The van der Waals surface area contributed by atoms with Crippen LogP contribution in [0.25, 0.3) is 5.57 Å². The Morgan fingerprint density at radius 2 is 2.00 bits per heavy atom. The maximum atomic E-state index is 13.2. The summed E-state index contributed by atoms with van der Waals surface area (Å²) < 4.78 is 5.84. The first-order valence-corrected chi connectivity index (χ1v) is 11.0. The standard InChI is InChI=1S/C26H32N2O2/c1-19-11-12-23(30-16-15-28(2)3)18-24(19)25(29)27-26(13-14-26)22-10-6-9-21(17-22)20-7-4-5-8-20/h6-7,9-12,17-18H,4-5,8,13-16H2,1-3H3,(H,27,29). The highest BCUT2D eigenvalue weighted by molar-refractivity contribution is 5.96. The minimum atomic E-state index is -0.236. The second kappa shape index (κ2) is 8.65. The van der Waals surface area contributed by atoms with Gasteiger partial charge in [-0.25, -0.2) is 0 Å². The lowest BCUT2D eigenvalue weighted by molar-refractivity contribution is 0.0929. The van der Waals surface area contributed by atoms with Crippen LogP contribution in [0.5, 0.6) is 5.75 Å². The Bertz CT molecular complexity index is 957. The van der Waals surface area contributed by atoms with Gasteiger partial charge in [-0.05, 0) is 93.6 Å². The van der Waals surface area contributed by atoms with Crippen molar-refractivity contribution in [3.63, 3.8) is 0 Å². The second-order valence-electron chi connectivity index (χ2n) is 8.87. The molecule has 1 amide bonds. The number of allylic oxidation sites excluding steroid dienone is 2. The third-order valence-corrected chi connectivity index (χ3v) is 6.19. The van der Waals surface area contributed by atoms with Crippen molar-refractivity contribution < 1.29 is 9.53 Å². The summed E-state index contributed by atoms with van der Waals surface area (Å²) in [7, 11) is 4.04. The molecule has 30 heavy (non-hydrogen) atoms. The van der Waals surface area contributed by atoms with Crippen LogP contribution in [-0.4, -0.2) is 38.1 Å². The number of hydrogen-bond donors (Lipinski definition) is 1. The van der Waals surface area contributed by atoms with Crippen molar-refractivity contribution in [3.05, 3.63) is 70.8 Å². The molecule has 2 aliphatic rings. The number of ether oxygens (including phenoxy) is 1. The fourth-order valence-corrected chi connectivity index (χ4v) is 4.13. The molecule has 0 aromatic heterocycles. The zero-order valence-electron chi connectivity index (χ0n) is 18.3. The van der Waals surface area contributed by atoms with Gasteiger partial charge < -0.3 is 15.0 Å². The highest BCUT2D eigenvalue weighted by Crippen LogP contribution is 2.46. The van der Waals surface area contributed by atoms with Crippen molar-refractivity contribution >= 4 is 11.5 Å². The molecular weight excluding hydrogens is 372 g/mol. The lowest BCUT2D eigenvalue weighted by Crippen LogP contribution is -2.35. The Morgan fingerprint density at radius 1 is 1.17 bits per heavy atom. The zero-order valence-corrected chi connectivity index (χ0v) is 18.3. The average molecular weight is 405 g/mol. The molecule has 4 nitrogen and oxygen atoms in total. The smallest absolute Gasteiger partial charge is 0.252 e. The van der Waals surface area contributed by atoms with Gasteiger partial charge in [0, 0.05) is 12.1 Å². The number of rotatable bonds is 8. The highest BCUT2D eigenvalue weighted by atomic mass is 16.5. The summed E-state index contributed by atoms with van der Waals surface area (Å²) in [5.41, 5.74) is 5.39. The van der Waals surface area contributed by atoms with E-state index < -0.39 is 0 Å². The van der Waals surface area contributed by atoms with Gasteiger partial charge >= 0.3 is 0 Å². The molecule has 0 saturated heterocycles. The Kier molecular flexibility index (Phi) is 5.96. The van der Waals surface area contributed by atoms with E-state index in [1.807, 2.05) is 39.2 Å². The van der Waals surface area contributed by atoms with Crippen LogP contribution in [0.15, 0.2) is 48.5 Å². The van der Waals surface area contributed by atoms with Crippen molar-refractivity contribution in [1.29, 1.82) is 0 Å². The molecule has 0 heterocycles. The van der Waals surface area contributed by atoms with E-state index in [4.69, 9.17) is 4.74 Å². The van der Waals surface area contributed by atoms with Crippen molar-refractivity contribution in [2.75, 3.05) is 27.2 Å². The molecular formula is C26H32N2O2. The predicted molar refractivity (Wildman–Crippen MR) is 122 cm³/mol. The van der Waals surface area contributed by atoms with Crippen LogP contribution in [0.2, 0.25) is 0 Å². The number of hydrogen-bond acceptors (Lipinski definition) is 3. The molecule has 1 fully saturated rings. The number of nitrogens with one attached hydrogen (secondary N) is 1. The molecule has 0 radical (unpaired) electrons. The van der Waals surface area contributed by atoms with Crippen LogP contribution in [0.3, 0.4) is 0 Å². The predicted octanol–water partition coefficient (Wildman–Crippen LogP) is 4.92. The third kappa shape index (κ3) is 4.59. The highest BCUT2D eigenvalue weighted by Gasteiger charge is 2.46. The topological polar surface area (TPSA) is 41.6 Å². The summed E-state index contributed by atoms with van der Waals surface area (Å²) in [5.74, 6) is 0.723. The quantitative estimate of drug-likeness (QED) is 0.679. The van der Waals surface area contributed by atoms with Crippen LogP contribution in [0.1, 0.15) is 59.2 Å². The van der Waals surface area contributed by atoms with E-state index in [-0.39, 0.29) is 11.4 Å². The van der Waals surface area contributed by atoms with Crippen LogP contribution in [-0.2, 0) is 5.54 Å². The van der Waals surface area contributed by atoms with E-state index in [1.54, 1.807) is 0 Å². The summed E-state index contributed by atoms with van der Waals surface area (Å²) in [5, 5.41) is 3.34. The normalized spacial score (nSPS) is 17.0. The van der Waals surface area contributed by atoms with Gasteiger partial charge in [-0.3, -0.25) is 4.79 Å². The Morgan fingerprint density at radius 3 is 2.70 bits per heavy atom. The lowest BCUT2D eigenvalue weighted by Gasteiger charge is -2.20. The number of benzene rings is 2. The van der Waals surface area contributed by atoms with Gasteiger partial charge in [0.05, 0.1) is 5.54 Å². The third-order valence-electron chi connectivity index (χ3n) is 6.19. The van der Waals surface area contributed by atoms with Crippen LogP contribution in [0.4, 0.5) is 0 Å².